The number of hydrogen-bond acceptors (Lipinski definition) is 3. The van der Waals surface area contributed by atoms with Crippen molar-refractivity contribution in [1.82, 2.24) is 15.2 Å². The van der Waals surface area contributed by atoms with Crippen LogP contribution in [0.25, 0.3) is 0 Å². The second kappa shape index (κ2) is 5.09. The quantitative estimate of drug-likeness (QED) is 0.584. The van der Waals surface area contributed by atoms with Gasteiger partial charge in [0.1, 0.15) is 5.82 Å². The summed E-state index contributed by atoms with van der Waals surface area (Å²) in [4.78, 5) is 3.60. The Labute approximate surface area is 137 Å². The highest BCUT2D eigenvalue weighted by Gasteiger charge is 2.60. The van der Waals surface area contributed by atoms with E-state index in [9.17, 15) is 5.11 Å². The van der Waals surface area contributed by atoms with E-state index < -0.39 is 16.4 Å². The first-order valence-corrected chi connectivity index (χ1v) is 7.82. The predicted octanol–water partition coefficient (Wildman–Crippen LogP) is 3.77. The van der Waals surface area contributed by atoms with Crippen LogP contribution in [0.15, 0.2) is 24.3 Å². The summed E-state index contributed by atoms with van der Waals surface area (Å²) in [6.07, 6.45) is 1.52. The number of rotatable bonds is 4. The monoisotopic (exact) mass is 343 g/mol. The van der Waals surface area contributed by atoms with Crippen LogP contribution in [0.2, 0.25) is 5.02 Å². The zero-order valence-corrected chi connectivity index (χ0v) is 13.7. The fourth-order valence-corrected chi connectivity index (χ4v) is 3.32. The first-order chi connectivity index (χ1) is 9.85. The van der Waals surface area contributed by atoms with Gasteiger partial charge in [0.05, 0.1) is 16.4 Å². The maximum absolute atomic E-state index is 11.1. The summed E-state index contributed by atoms with van der Waals surface area (Å²) in [5, 5.41) is 17.4. The van der Waals surface area contributed by atoms with Crippen molar-refractivity contribution in [3.05, 3.63) is 45.4 Å². The third-order valence-corrected chi connectivity index (χ3v) is 5.47. The minimum atomic E-state index is -1.20. The van der Waals surface area contributed by atoms with Gasteiger partial charge >= 0.3 is 0 Å². The smallest absolute Gasteiger partial charge is 0.213 e. The Hall–Kier alpha value is -0.880. The number of hydrogen-bond donors (Lipinski definition) is 3. The van der Waals surface area contributed by atoms with Crippen LogP contribution in [0.5, 0.6) is 0 Å². The van der Waals surface area contributed by atoms with Crippen LogP contribution < -0.4 is 0 Å². The highest BCUT2D eigenvalue weighted by molar-refractivity contribution is 7.71. The molecule has 112 valence electrons. The van der Waals surface area contributed by atoms with Crippen molar-refractivity contribution in [2.24, 2.45) is 0 Å². The van der Waals surface area contributed by atoms with Gasteiger partial charge in [-0.25, -0.2) is 4.98 Å². The van der Waals surface area contributed by atoms with Gasteiger partial charge < -0.3 is 5.11 Å². The van der Waals surface area contributed by atoms with E-state index in [1.807, 2.05) is 18.2 Å². The molecule has 0 spiro atoms. The lowest BCUT2D eigenvalue weighted by atomic mass is 9.79. The number of aliphatic hydroxyl groups is 1. The van der Waals surface area contributed by atoms with Gasteiger partial charge in [0.2, 0.25) is 4.77 Å². The van der Waals surface area contributed by atoms with Crippen molar-refractivity contribution in [3.8, 4) is 0 Å². The maximum Gasteiger partial charge on any atom is 0.213 e. The summed E-state index contributed by atoms with van der Waals surface area (Å²) in [5.74, 6) is 0.0455. The molecule has 1 saturated carbocycles. The summed E-state index contributed by atoms with van der Waals surface area (Å²) < 4.78 is 0.331. The number of benzene rings is 1. The van der Waals surface area contributed by atoms with Crippen molar-refractivity contribution in [2.75, 3.05) is 0 Å². The van der Waals surface area contributed by atoms with E-state index in [0.29, 0.717) is 15.6 Å². The Balaban J connectivity index is 2.16. The highest BCUT2D eigenvalue weighted by atomic mass is 35.5. The highest BCUT2D eigenvalue weighted by Crippen LogP contribution is 2.57. The lowest BCUT2D eigenvalue weighted by molar-refractivity contribution is 0.0281. The molecule has 1 heterocycles. The molecule has 2 atom stereocenters. The molecule has 1 aliphatic carbocycles. The topological polar surface area (TPSA) is 64.7 Å². The van der Waals surface area contributed by atoms with Crippen LogP contribution in [-0.2, 0) is 0 Å². The first-order valence-electron chi connectivity index (χ1n) is 6.65. The van der Waals surface area contributed by atoms with E-state index >= 15 is 0 Å². The lowest BCUT2D eigenvalue weighted by Gasteiger charge is -2.36. The van der Waals surface area contributed by atoms with Crippen LogP contribution in [0, 0.1) is 4.77 Å². The van der Waals surface area contributed by atoms with Crippen LogP contribution in [0.3, 0.4) is 0 Å². The molecular weight excluding hydrogens is 329 g/mol. The minimum absolute atomic E-state index is 0.331. The average Bonchev–Trinajstić information content (AvgIpc) is 3.05. The first kappa shape index (κ1) is 15.0. The van der Waals surface area contributed by atoms with Crippen molar-refractivity contribution in [2.45, 2.75) is 36.2 Å². The zero-order valence-electron chi connectivity index (χ0n) is 11.4. The maximum atomic E-state index is 11.1. The van der Waals surface area contributed by atoms with Crippen molar-refractivity contribution >= 4 is 35.4 Å². The summed E-state index contributed by atoms with van der Waals surface area (Å²) in [6.45, 7) is 1.73. The van der Waals surface area contributed by atoms with E-state index in [0.717, 1.165) is 18.4 Å². The molecule has 21 heavy (non-hydrogen) atoms. The Bertz CT molecular complexity index is 721. The third-order valence-electron chi connectivity index (χ3n) is 4.17. The fraction of sp³-hybridized carbons (Fsp3) is 0.429. The largest absolute Gasteiger partial charge is 0.387 e. The third kappa shape index (κ3) is 2.52. The van der Waals surface area contributed by atoms with Gasteiger partial charge in [0.15, 0.2) is 0 Å². The number of H-pyrrole nitrogens is 2. The average molecular weight is 344 g/mol. The summed E-state index contributed by atoms with van der Waals surface area (Å²) in [6, 6.07) is 7.38. The standard InChI is InChI=1S/C14H15Cl2N3OS/c1-13(20,14(16)6-7-14)10(11-17-12(21)19-18-11)8-4-2-3-5-9(8)15/h2-5,10,20H,6-7H2,1H3,(H2,17,18,19,21). The zero-order chi connectivity index (χ0) is 15.3. The number of aromatic amines is 2. The minimum Gasteiger partial charge on any atom is -0.387 e. The number of halogens is 2. The number of alkyl halides is 1. The number of nitrogens with zero attached hydrogens (tertiary/aromatic N) is 1. The molecule has 0 saturated heterocycles. The Morgan fingerprint density at radius 2 is 2.05 bits per heavy atom. The van der Waals surface area contributed by atoms with Gasteiger partial charge in [-0.05, 0) is 43.6 Å². The van der Waals surface area contributed by atoms with Crippen LogP contribution in [-0.4, -0.2) is 30.8 Å². The summed E-state index contributed by atoms with van der Waals surface area (Å²) in [5.41, 5.74) is -0.429. The second-order valence-electron chi connectivity index (χ2n) is 5.62. The van der Waals surface area contributed by atoms with E-state index in [2.05, 4.69) is 15.2 Å². The van der Waals surface area contributed by atoms with Gasteiger partial charge in [-0.2, -0.15) is 0 Å². The Morgan fingerprint density at radius 3 is 2.57 bits per heavy atom. The van der Waals surface area contributed by atoms with E-state index in [1.54, 1.807) is 13.0 Å². The molecule has 1 aliphatic rings. The molecule has 4 nitrogen and oxygen atoms in total. The molecule has 3 rings (SSSR count). The van der Waals surface area contributed by atoms with Crippen LogP contribution >= 0.6 is 35.4 Å². The van der Waals surface area contributed by atoms with E-state index in [1.165, 1.54) is 0 Å². The van der Waals surface area contributed by atoms with Crippen molar-refractivity contribution in [1.29, 1.82) is 0 Å². The van der Waals surface area contributed by atoms with E-state index in [-0.39, 0.29) is 0 Å². The van der Waals surface area contributed by atoms with Gasteiger partial charge in [-0.3, -0.25) is 10.2 Å². The molecular formula is C14H15Cl2N3OS. The molecule has 2 unspecified atom stereocenters. The molecule has 2 aromatic rings. The second-order valence-corrected chi connectivity index (χ2v) is 7.14. The molecule has 7 heteroatoms. The Kier molecular flexibility index (Phi) is 3.64. The molecule has 0 bridgehead atoms. The Morgan fingerprint density at radius 1 is 1.38 bits per heavy atom. The molecule has 0 amide bonds. The van der Waals surface area contributed by atoms with Crippen molar-refractivity contribution in [3.63, 3.8) is 0 Å². The van der Waals surface area contributed by atoms with Gasteiger partial charge in [-0.15, -0.1) is 11.6 Å². The normalized spacial score (nSPS) is 20.8. The fourth-order valence-electron chi connectivity index (χ4n) is 2.72. The molecule has 3 N–H and O–H groups in total. The molecule has 1 aromatic carbocycles. The molecule has 0 aliphatic heterocycles. The van der Waals surface area contributed by atoms with E-state index in [4.69, 9.17) is 35.4 Å². The molecule has 1 fully saturated rings. The summed E-state index contributed by atoms with van der Waals surface area (Å²) >= 11 is 17.9. The lowest BCUT2D eigenvalue weighted by Crippen LogP contribution is -2.44. The van der Waals surface area contributed by atoms with Crippen LogP contribution in [0.4, 0.5) is 0 Å². The van der Waals surface area contributed by atoms with Gasteiger partial charge in [0.25, 0.3) is 0 Å². The van der Waals surface area contributed by atoms with Crippen molar-refractivity contribution < 1.29 is 5.11 Å². The molecule has 0 radical (unpaired) electrons. The predicted molar refractivity (Wildman–Crippen MR) is 85.5 cm³/mol. The summed E-state index contributed by atoms with van der Waals surface area (Å²) in [7, 11) is 0. The van der Waals surface area contributed by atoms with Gasteiger partial charge in [-0.1, -0.05) is 29.8 Å². The van der Waals surface area contributed by atoms with Crippen LogP contribution in [0.1, 0.15) is 37.1 Å². The molecule has 1 aromatic heterocycles. The number of nitrogens with one attached hydrogen (secondary N) is 2. The van der Waals surface area contributed by atoms with Gasteiger partial charge in [0, 0.05) is 5.02 Å². The number of aromatic nitrogens is 3. The SMILES string of the molecule is CC(O)(C(c1nc(=S)[nH][nH]1)c1ccccc1Cl)C1(Cl)CC1.